The van der Waals surface area contributed by atoms with E-state index in [9.17, 15) is 4.79 Å². The molecule has 2 aromatic rings. The number of amides is 1. The van der Waals surface area contributed by atoms with E-state index in [2.05, 4.69) is 52.4 Å². The Morgan fingerprint density at radius 1 is 1.14 bits per heavy atom. The predicted molar refractivity (Wildman–Crippen MR) is 92.0 cm³/mol. The zero-order chi connectivity index (χ0) is 15.9. The van der Waals surface area contributed by atoms with Crippen LogP contribution in [0.4, 0.5) is 0 Å². The molecule has 0 aliphatic heterocycles. The van der Waals surface area contributed by atoms with Gasteiger partial charge in [-0.15, -0.1) is 0 Å². The summed E-state index contributed by atoms with van der Waals surface area (Å²) in [6, 6.07) is 15.7. The third-order valence-electron chi connectivity index (χ3n) is 3.45. The average Bonchev–Trinajstić information content (AvgIpc) is 2.54. The molecule has 0 spiro atoms. The molecule has 0 fully saturated rings. The first kappa shape index (κ1) is 16.6. The van der Waals surface area contributed by atoms with Gasteiger partial charge in [-0.1, -0.05) is 47.1 Å². The number of aryl methyl sites for hydroxylation is 1. The van der Waals surface area contributed by atoms with Gasteiger partial charge in [-0.3, -0.25) is 4.79 Å². The highest BCUT2D eigenvalue weighted by Crippen LogP contribution is 2.16. The molecule has 3 nitrogen and oxygen atoms in total. The molecule has 0 saturated carbocycles. The maximum absolute atomic E-state index is 11.9. The van der Waals surface area contributed by atoms with Crippen molar-refractivity contribution in [2.75, 3.05) is 6.61 Å². The molecule has 0 aliphatic carbocycles. The van der Waals surface area contributed by atoms with Crippen LogP contribution in [0.2, 0.25) is 0 Å². The van der Waals surface area contributed by atoms with E-state index in [1.54, 1.807) is 0 Å². The molecule has 1 amide bonds. The van der Waals surface area contributed by atoms with E-state index < -0.39 is 0 Å². The summed E-state index contributed by atoms with van der Waals surface area (Å²) < 4.78 is 6.44. The van der Waals surface area contributed by atoms with Crippen molar-refractivity contribution in [2.24, 2.45) is 0 Å². The van der Waals surface area contributed by atoms with Crippen molar-refractivity contribution < 1.29 is 9.53 Å². The minimum atomic E-state index is -0.130. The first-order valence-corrected chi connectivity index (χ1v) is 8.14. The van der Waals surface area contributed by atoms with Gasteiger partial charge < -0.3 is 10.1 Å². The number of benzene rings is 2. The highest BCUT2D eigenvalue weighted by molar-refractivity contribution is 9.10. The van der Waals surface area contributed by atoms with E-state index >= 15 is 0 Å². The van der Waals surface area contributed by atoms with Crippen LogP contribution in [-0.2, 0) is 11.2 Å². The van der Waals surface area contributed by atoms with E-state index in [1.165, 1.54) is 5.56 Å². The minimum absolute atomic E-state index is 0.0129. The third kappa shape index (κ3) is 4.88. The molecule has 0 heterocycles. The molecule has 1 atom stereocenters. The molecule has 2 rings (SSSR count). The fourth-order valence-electron chi connectivity index (χ4n) is 2.09. The molecule has 0 bridgehead atoms. The average molecular weight is 362 g/mol. The second kappa shape index (κ2) is 7.99. The van der Waals surface area contributed by atoms with Crippen LogP contribution in [0.15, 0.2) is 53.0 Å². The van der Waals surface area contributed by atoms with Crippen LogP contribution in [0.1, 0.15) is 31.0 Å². The van der Waals surface area contributed by atoms with Gasteiger partial charge in [0.2, 0.25) is 0 Å². The third-order valence-corrected chi connectivity index (χ3v) is 3.98. The molecular weight excluding hydrogens is 342 g/mol. The number of rotatable bonds is 6. The van der Waals surface area contributed by atoms with Gasteiger partial charge in [0.05, 0.1) is 6.04 Å². The Morgan fingerprint density at radius 3 is 2.36 bits per heavy atom. The predicted octanol–water partition coefficient (Wildman–Crippen LogP) is 4.27. The van der Waals surface area contributed by atoms with E-state index in [-0.39, 0.29) is 18.6 Å². The molecule has 4 heteroatoms. The van der Waals surface area contributed by atoms with E-state index in [1.807, 2.05) is 31.2 Å². The number of nitrogens with one attached hydrogen (secondary N) is 1. The SMILES string of the molecule is CCc1ccc(C(C)NC(=O)COc2ccc(Br)cc2)cc1. The van der Waals surface area contributed by atoms with Crippen LogP contribution in [0.5, 0.6) is 5.75 Å². The zero-order valence-electron chi connectivity index (χ0n) is 12.8. The normalized spacial score (nSPS) is 11.8. The Labute approximate surface area is 139 Å². The number of carbonyl (C=O) groups excluding carboxylic acids is 1. The van der Waals surface area contributed by atoms with Crippen LogP contribution in [0, 0.1) is 0 Å². The maximum Gasteiger partial charge on any atom is 0.258 e. The first-order chi connectivity index (χ1) is 10.6. The Bertz CT molecular complexity index is 608. The molecule has 1 N–H and O–H groups in total. The summed E-state index contributed by atoms with van der Waals surface area (Å²) in [7, 11) is 0. The van der Waals surface area contributed by atoms with Crippen molar-refractivity contribution in [2.45, 2.75) is 26.3 Å². The van der Waals surface area contributed by atoms with Crippen molar-refractivity contribution in [3.63, 3.8) is 0 Å². The lowest BCUT2D eigenvalue weighted by molar-refractivity contribution is -0.123. The molecule has 1 unspecified atom stereocenters. The topological polar surface area (TPSA) is 38.3 Å². The summed E-state index contributed by atoms with van der Waals surface area (Å²) in [5.41, 5.74) is 2.38. The largest absolute Gasteiger partial charge is 0.484 e. The van der Waals surface area contributed by atoms with E-state index in [0.29, 0.717) is 5.75 Å². The van der Waals surface area contributed by atoms with Crippen LogP contribution in [0.3, 0.4) is 0 Å². The Morgan fingerprint density at radius 2 is 1.77 bits per heavy atom. The number of hydrogen-bond acceptors (Lipinski definition) is 2. The molecule has 0 saturated heterocycles. The smallest absolute Gasteiger partial charge is 0.258 e. The minimum Gasteiger partial charge on any atom is -0.484 e. The Kier molecular flexibility index (Phi) is 6.01. The molecule has 22 heavy (non-hydrogen) atoms. The maximum atomic E-state index is 11.9. The van der Waals surface area contributed by atoms with Crippen LogP contribution >= 0.6 is 15.9 Å². The second-order valence-corrected chi connectivity index (χ2v) is 6.04. The number of ether oxygens (including phenoxy) is 1. The summed E-state index contributed by atoms with van der Waals surface area (Å²) in [5.74, 6) is 0.549. The monoisotopic (exact) mass is 361 g/mol. The van der Waals surface area contributed by atoms with Gasteiger partial charge in [-0.25, -0.2) is 0 Å². The van der Waals surface area contributed by atoms with Gasteiger partial charge in [0.1, 0.15) is 5.75 Å². The number of halogens is 1. The summed E-state index contributed by atoms with van der Waals surface area (Å²) in [6.45, 7) is 4.11. The van der Waals surface area contributed by atoms with Crippen LogP contribution in [0.25, 0.3) is 0 Å². The van der Waals surface area contributed by atoms with Gasteiger partial charge in [0.25, 0.3) is 5.91 Å². The van der Waals surface area contributed by atoms with Crippen molar-refractivity contribution in [1.29, 1.82) is 0 Å². The van der Waals surface area contributed by atoms with Crippen molar-refractivity contribution in [3.05, 3.63) is 64.1 Å². The first-order valence-electron chi connectivity index (χ1n) is 7.35. The zero-order valence-corrected chi connectivity index (χ0v) is 14.4. The standard InChI is InChI=1S/C18H20BrNO2/c1-3-14-4-6-15(7-5-14)13(2)20-18(21)12-22-17-10-8-16(19)9-11-17/h4-11,13H,3,12H2,1-2H3,(H,20,21). The second-order valence-electron chi connectivity index (χ2n) is 5.13. The van der Waals surface area contributed by atoms with E-state index in [0.717, 1.165) is 16.5 Å². The molecule has 2 aromatic carbocycles. The van der Waals surface area contributed by atoms with Crippen molar-refractivity contribution in [1.82, 2.24) is 5.32 Å². The highest BCUT2D eigenvalue weighted by Gasteiger charge is 2.10. The fourth-order valence-corrected chi connectivity index (χ4v) is 2.35. The number of hydrogen-bond donors (Lipinski definition) is 1. The summed E-state index contributed by atoms with van der Waals surface area (Å²) in [5, 5.41) is 2.94. The Hall–Kier alpha value is -1.81. The number of carbonyl (C=O) groups is 1. The molecule has 0 aromatic heterocycles. The van der Waals surface area contributed by atoms with Gasteiger partial charge in [0, 0.05) is 4.47 Å². The molecule has 0 radical (unpaired) electrons. The van der Waals surface area contributed by atoms with Gasteiger partial charge in [-0.05, 0) is 48.7 Å². The quantitative estimate of drug-likeness (QED) is 0.834. The van der Waals surface area contributed by atoms with Crippen LogP contribution in [-0.4, -0.2) is 12.5 Å². The highest BCUT2D eigenvalue weighted by atomic mass is 79.9. The molecular formula is C18H20BrNO2. The van der Waals surface area contributed by atoms with E-state index in [4.69, 9.17) is 4.74 Å². The lowest BCUT2D eigenvalue weighted by Gasteiger charge is -2.15. The van der Waals surface area contributed by atoms with Crippen molar-refractivity contribution in [3.8, 4) is 5.75 Å². The molecule has 116 valence electrons. The summed E-state index contributed by atoms with van der Waals surface area (Å²) in [4.78, 5) is 11.9. The van der Waals surface area contributed by atoms with Crippen molar-refractivity contribution >= 4 is 21.8 Å². The summed E-state index contributed by atoms with van der Waals surface area (Å²) in [6.07, 6.45) is 1.02. The Balaban J connectivity index is 1.83. The lowest BCUT2D eigenvalue weighted by Crippen LogP contribution is -2.31. The molecule has 0 aliphatic rings. The van der Waals surface area contributed by atoms with Gasteiger partial charge in [-0.2, -0.15) is 0 Å². The van der Waals surface area contributed by atoms with Crippen LogP contribution < -0.4 is 10.1 Å². The van der Waals surface area contributed by atoms with Gasteiger partial charge >= 0.3 is 0 Å². The van der Waals surface area contributed by atoms with Gasteiger partial charge in [0.15, 0.2) is 6.61 Å². The summed E-state index contributed by atoms with van der Waals surface area (Å²) >= 11 is 3.36. The fraction of sp³-hybridized carbons (Fsp3) is 0.278. The lowest BCUT2D eigenvalue weighted by atomic mass is 10.1.